The van der Waals surface area contributed by atoms with E-state index >= 15 is 0 Å². The molecule has 0 saturated carbocycles. The minimum Gasteiger partial charge on any atom is -0.337 e. The van der Waals surface area contributed by atoms with E-state index in [4.69, 9.17) is 0 Å². The number of hydrogen-bond acceptors (Lipinski definition) is 6. The van der Waals surface area contributed by atoms with Crippen molar-refractivity contribution in [3.8, 4) is 0 Å². The van der Waals surface area contributed by atoms with Gasteiger partial charge in [0.05, 0.1) is 11.0 Å². The summed E-state index contributed by atoms with van der Waals surface area (Å²) in [5.74, 6) is 0.482. The smallest absolute Gasteiger partial charge is 0.204 e. The summed E-state index contributed by atoms with van der Waals surface area (Å²) in [7, 11) is 0. The van der Waals surface area contributed by atoms with Gasteiger partial charge in [0.1, 0.15) is 6.33 Å². The number of nitrogens with zero attached hydrogens (tertiary/aromatic N) is 4. The highest BCUT2D eigenvalue weighted by Crippen LogP contribution is 2.25. The third-order valence-corrected chi connectivity index (χ3v) is 5.08. The third-order valence-electron chi connectivity index (χ3n) is 5.08. The topological polar surface area (TPSA) is 89.2 Å². The van der Waals surface area contributed by atoms with Crippen molar-refractivity contribution in [2.24, 2.45) is 0 Å². The number of carbonyl (C=O) groups excluding carboxylic acids is 2. The van der Waals surface area contributed by atoms with Crippen molar-refractivity contribution in [2.75, 3.05) is 5.32 Å². The van der Waals surface area contributed by atoms with Gasteiger partial charge < -0.3 is 5.32 Å². The second kappa shape index (κ2) is 7.46. The maximum Gasteiger partial charge on any atom is 0.204 e. The number of carbonyl (C=O) groups is 2. The quantitative estimate of drug-likeness (QED) is 0.433. The van der Waals surface area contributed by atoms with Gasteiger partial charge in [0.25, 0.3) is 0 Å². The predicted octanol–water partition coefficient (Wildman–Crippen LogP) is 4.45. The summed E-state index contributed by atoms with van der Waals surface area (Å²) in [5, 5.41) is 11.5. The van der Waals surface area contributed by atoms with Crippen LogP contribution in [0, 0.1) is 0 Å². The molecule has 150 valence electrons. The molecule has 2 aromatic heterocycles. The first-order valence-electron chi connectivity index (χ1n) is 9.71. The molecule has 5 rings (SSSR count). The molecule has 0 unspecified atom stereocenters. The van der Waals surface area contributed by atoms with Crippen LogP contribution in [0.1, 0.15) is 33.2 Å². The molecule has 2 heterocycles. The molecule has 0 spiro atoms. The number of rotatable bonds is 5. The van der Waals surface area contributed by atoms with Crippen molar-refractivity contribution in [2.45, 2.75) is 6.92 Å². The van der Waals surface area contributed by atoms with Gasteiger partial charge in [-0.2, -0.15) is 0 Å². The molecule has 0 amide bonds. The highest BCUT2D eigenvalue weighted by atomic mass is 16.1. The molecular weight excluding hydrogens is 390 g/mol. The second-order valence-electron chi connectivity index (χ2n) is 7.14. The van der Waals surface area contributed by atoms with Crippen molar-refractivity contribution in [3.05, 3.63) is 95.8 Å². The zero-order chi connectivity index (χ0) is 21.4. The first kappa shape index (κ1) is 18.6. The Hall–Kier alpha value is -4.39. The average molecular weight is 407 g/mol. The fraction of sp³-hybridized carbons (Fsp3) is 0.0417. The Morgan fingerprint density at radius 2 is 1.61 bits per heavy atom. The number of hydrogen-bond donors (Lipinski definition) is 1. The van der Waals surface area contributed by atoms with Gasteiger partial charge in [-0.15, -0.1) is 10.2 Å². The van der Waals surface area contributed by atoms with E-state index in [1.54, 1.807) is 47.1 Å². The van der Waals surface area contributed by atoms with Gasteiger partial charge in [0.2, 0.25) is 5.65 Å². The zero-order valence-electron chi connectivity index (χ0n) is 16.6. The van der Waals surface area contributed by atoms with Gasteiger partial charge in [-0.1, -0.05) is 30.3 Å². The van der Waals surface area contributed by atoms with Crippen LogP contribution in [-0.2, 0) is 0 Å². The minimum atomic E-state index is -0.0588. The van der Waals surface area contributed by atoms with Crippen LogP contribution in [0.4, 0.5) is 11.5 Å². The Morgan fingerprint density at radius 1 is 0.871 bits per heavy atom. The highest BCUT2D eigenvalue weighted by Gasteiger charge is 2.14. The molecule has 0 atom stereocenters. The van der Waals surface area contributed by atoms with Crippen molar-refractivity contribution in [1.82, 2.24) is 19.6 Å². The van der Waals surface area contributed by atoms with E-state index in [2.05, 4.69) is 20.5 Å². The van der Waals surface area contributed by atoms with Gasteiger partial charge in [-0.3, -0.25) is 14.0 Å². The van der Waals surface area contributed by atoms with Crippen LogP contribution >= 0.6 is 0 Å². The highest BCUT2D eigenvalue weighted by molar-refractivity contribution is 6.10. The second-order valence-corrected chi connectivity index (χ2v) is 7.14. The first-order valence-corrected chi connectivity index (χ1v) is 9.71. The summed E-state index contributed by atoms with van der Waals surface area (Å²) >= 11 is 0. The molecule has 31 heavy (non-hydrogen) atoms. The number of fused-ring (bicyclic) bond motifs is 3. The van der Waals surface area contributed by atoms with E-state index in [0.717, 1.165) is 11.2 Å². The van der Waals surface area contributed by atoms with Crippen LogP contribution in [-0.4, -0.2) is 31.1 Å². The summed E-state index contributed by atoms with van der Waals surface area (Å²) in [6.45, 7) is 1.53. The van der Waals surface area contributed by atoms with Gasteiger partial charge in [0, 0.05) is 22.4 Å². The largest absolute Gasteiger partial charge is 0.337 e. The minimum absolute atomic E-state index is 0.0103. The summed E-state index contributed by atoms with van der Waals surface area (Å²) in [4.78, 5) is 29.0. The Morgan fingerprint density at radius 3 is 2.35 bits per heavy atom. The number of nitrogens with one attached hydrogen (secondary N) is 1. The van der Waals surface area contributed by atoms with E-state index in [1.807, 2.05) is 36.4 Å². The Labute approximate surface area is 177 Å². The van der Waals surface area contributed by atoms with Crippen molar-refractivity contribution in [3.63, 3.8) is 0 Å². The summed E-state index contributed by atoms with van der Waals surface area (Å²) in [6.07, 6.45) is 1.60. The molecule has 0 aliphatic heterocycles. The first-order chi connectivity index (χ1) is 15.1. The van der Waals surface area contributed by atoms with Crippen molar-refractivity contribution < 1.29 is 9.59 Å². The molecule has 0 bridgehead atoms. The van der Waals surface area contributed by atoms with Gasteiger partial charge in [-0.25, -0.2) is 4.98 Å². The molecule has 0 aliphatic carbocycles. The Bertz CT molecular complexity index is 1440. The van der Waals surface area contributed by atoms with E-state index in [9.17, 15) is 9.59 Å². The normalized spacial score (nSPS) is 11.0. The molecule has 0 saturated heterocycles. The summed E-state index contributed by atoms with van der Waals surface area (Å²) < 4.78 is 1.80. The van der Waals surface area contributed by atoms with E-state index < -0.39 is 0 Å². The molecule has 0 radical (unpaired) electrons. The van der Waals surface area contributed by atoms with Crippen LogP contribution < -0.4 is 5.32 Å². The van der Waals surface area contributed by atoms with Crippen LogP contribution in [0.25, 0.3) is 16.7 Å². The fourth-order valence-electron chi connectivity index (χ4n) is 3.46. The lowest BCUT2D eigenvalue weighted by atomic mass is 10.0. The van der Waals surface area contributed by atoms with Crippen LogP contribution in [0.2, 0.25) is 0 Å². The SMILES string of the molecule is CC(=O)c1ccc(Nc2nc3ccc(C(=O)c4ccccc4)cc3n3cnnc23)cc1. The average Bonchev–Trinajstić information content (AvgIpc) is 3.30. The zero-order valence-corrected chi connectivity index (χ0v) is 16.6. The van der Waals surface area contributed by atoms with Crippen LogP contribution in [0.5, 0.6) is 0 Å². The van der Waals surface area contributed by atoms with Gasteiger partial charge in [0.15, 0.2) is 17.4 Å². The van der Waals surface area contributed by atoms with E-state index in [1.165, 1.54) is 6.92 Å². The lowest BCUT2D eigenvalue weighted by Gasteiger charge is -2.10. The lowest BCUT2D eigenvalue weighted by molar-refractivity contribution is 0.101. The van der Waals surface area contributed by atoms with Gasteiger partial charge in [-0.05, 0) is 49.4 Å². The third kappa shape index (κ3) is 3.42. The molecular formula is C24H17N5O2. The molecule has 5 aromatic rings. The van der Waals surface area contributed by atoms with Crippen molar-refractivity contribution in [1.29, 1.82) is 0 Å². The number of ketones is 2. The molecule has 7 heteroatoms. The van der Waals surface area contributed by atoms with E-state index in [0.29, 0.717) is 33.7 Å². The predicted molar refractivity (Wildman–Crippen MR) is 118 cm³/mol. The van der Waals surface area contributed by atoms with Crippen LogP contribution in [0.15, 0.2) is 79.1 Å². The number of benzene rings is 3. The van der Waals surface area contributed by atoms with E-state index in [-0.39, 0.29) is 11.6 Å². The standard InChI is InChI=1S/C24H17N5O2/c1-15(30)16-7-10-19(11-8-16)26-23-24-28-25-14-29(24)21-13-18(9-12-20(21)27-23)22(31)17-5-3-2-4-6-17/h2-14H,1H3,(H,26,27). The monoisotopic (exact) mass is 407 g/mol. The molecule has 0 aliphatic rings. The molecule has 1 N–H and O–H groups in total. The Balaban J connectivity index is 1.56. The van der Waals surface area contributed by atoms with Gasteiger partial charge >= 0.3 is 0 Å². The Kier molecular flexibility index (Phi) is 4.48. The summed E-state index contributed by atoms with van der Waals surface area (Å²) in [6, 6.07) is 21.7. The molecule has 0 fully saturated rings. The maximum atomic E-state index is 12.9. The lowest BCUT2D eigenvalue weighted by Crippen LogP contribution is -2.04. The van der Waals surface area contributed by atoms with Crippen molar-refractivity contribution >= 4 is 39.8 Å². The number of anilines is 2. The molecule has 7 nitrogen and oxygen atoms in total. The number of aromatic nitrogens is 4. The summed E-state index contributed by atoms with van der Waals surface area (Å²) in [5.41, 5.74) is 4.57. The molecule has 3 aromatic carbocycles. The fourth-order valence-corrected chi connectivity index (χ4v) is 3.46. The number of Topliss-reactive ketones (excluding diaryl/α,β-unsaturated/α-hetero) is 1. The maximum absolute atomic E-state index is 12.9. The van der Waals surface area contributed by atoms with Crippen LogP contribution in [0.3, 0.4) is 0 Å².